The number of nitrogens with zero attached hydrogens (tertiary/aromatic N) is 2. The van der Waals surface area contributed by atoms with E-state index in [-0.39, 0.29) is 0 Å². The van der Waals surface area contributed by atoms with E-state index in [1.54, 1.807) is 21.3 Å². The molecule has 1 unspecified atom stereocenters. The lowest BCUT2D eigenvalue weighted by Gasteiger charge is -2.34. The van der Waals surface area contributed by atoms with Crippen LogP contribution in [0.15, 0.2) is 17.1 Å². The number of nitrogens with one attached hydrogen (secondary N) is 1. The van der Waals surface area contributed by atoms with Crippen molar-refractivity contribution in [3.8, 4) is 17.2 Å². The average molecular weight is 436 g/mol. The van der Waals surface area contributed by atoms with Crippen LogP contribution in [0.3, 0.4) is 0 Å². The second-order valence-corrected chi connectivity index (χ2v) is 7.89. The molecule has 0 bridgehead atoms. The van der Waals surface area contributed by atoms with Gasteiger partial charge in [0.25, 0.3) is 0 Å². The molecule has 2 heterocycles. The number of hydrogen-bond acceptors (Lipinski definition) is 6. The number of rotatable bonds is 9. The Balaban J connectivity index is 1.47. The van der Waals surface area contributed by atoms with Gasteiger partial charge in [0.2, 0.25) is 0 Å². The molecule has 2 fully saturated rings. The highest BCUT2D eigenvalue weighted by molar-refractivity contribution is 5.80. The molecular formula is C23H37N3O5. The van der Waals surface area contributed by atoms with E-state index < -0.39 is 0 Å². The molecule has 2 saturated heterocycles. The van der Waals surface area contributed by atoms with Crippen molar-refractivity contribution in [2.45, 2.75) is 44.3 Å². The highest BCUT2D eigenvalue weighted by Gasteiger charge is 2.24. The van der Waals surface area contributed by atoms with Gasteiger partial charge in [-0.25, -0.2) is 0 Å². The first-order chi connectivity index (χ1) is 15.2. The Kier molecular flexibility index (Phi) is 9.09. The van der Waals surface area contributed by atoms with E-state index in [0.29, 0.717) is 18.0 Å². The van der Waals surface area contributed by atoms with Gasteiger partial charge in [-0.3, -0.25) is 4.99 Å². The van der Waals surface area contributed by atoms with Crippen molar-refractivity contribution >= 4 is 5.96 Å². The molecule has 3 rings (SSSR count). The molecule has 2 aliphatic heterocycles. The third-order valence-electron chi connectivity index (χ3n) is 5.97. The lowest BCUT2D eigenvalue weighted by molar-refractivity contribution is -0.0367. The van der Waals surface area contributed by atoms with Crippen LogP contribution >= 0.6 is 0 Å². The minimum Gasteiger partial charge on any atom is -0.496 e. The van der Waals surface area contributed by atoms with Gasteiger partial charge in [-0.15, -0.1) is 0 Å². The van der Waals surface area contributed by atoms with Gasteiger partial charge >= 0.3 is 0 Å². The lowest BCUT2D eigenvalue weighted by atomic mass is 10.1. The Morgan fingerprint density at radius 1 is 1.10 bits per heavy atom. The molecule has 1 atom stereocenters. The van der Waals surface area contributed by atoms with Crippen LogP contribution in [0.1, 0.15) is 31.2 Å². The fourth-order valence-electron chi connectivity index (χ4n) is 4.21. The number of piperidine rings is 1. The van der Waals surface area contributed by atoms with Crippen LogP contribution in [0.4, 0.5) is 0 Å². The first-order valence-corrected chi connectivity index (χ1v) is 11.2. The smallest absolute Gasteiger partial charge is 0.193 e. The van der Waals surface area contributed by atoms with Crippen molar-refractivity contribution in [3.05, 3.63) is 17.7 Å². The third kappa shape index (κ3) is 6.40. The zero-order valence-electron chi connectivity index (χ0n) is 19.3. The fraction of sp³-hybridized carbons (Fsp3) is 0.696. The Bertz CT molecular complexity index is 688. The summed E-state index contributed by atoms with van der Waals surface area (Å²) in [5.74, 6) is 3.16. The molecule has 0 spiro atoms. The molecule has 1 aromatic carbocycles. The van der Waals surface area contributed by atoms with Crippen molar-refractivity contribution in [1.82, 2.24) is 10.2 Å². The largest absolute Gasteiger partial charge is 0.496 e. The molecule has 174 valence electrons. The maximum absolute atomic E-state index is 6.09. The molecule has 8 heteroatoms. The van der Waals surface area contributed by atoms with E-state index in [1.807, 2.05) is 19.2 Å². The summed E-state index contributed by atoms with van der Waals surface area (Å²) in [7, 11) is 6.79. The topological polar surface area (TPSA) is 73.8 Å². The van der Waals surface area contributed by atoms with E-state index >= 15 is 0 Å². The van der Waals surface area contributed by atoms with Gasteiger partial charge in [0.1, 0.15) is 17.2 Å². The minimum absolute atomic E-state index is 0.291. The van der Waals surface area contributed by atoms with Crippen LogP contribution < -0.4 is 19.5 Å². The van der Waals surface area contributed by atoms with Crippen molar-refractivity contribution in [2.75, 3.05) is 61.2 Å². The molecule has 2 aliphatic rings. The Labute approximate surface area is 185 Å². The molecule has 0 saturated carbocycles. The quantitative estimate of drug-likeness (QED) is 0.472. The average Bonchev–Trinajstić information content (AvgIpc) is 3.34. The third-order valence-corrected chi connectivity index (χ3v) is 5.97. The monoisotopic (exact) mass is 435 g/mol. The van der Waals surface area contributed by atoms with Gasteiger partial charge in [-0.1, -0.05) is 0 Å². The van der Waals surface area contributed by atoms with Crippen LogP contribution in [-0.2, 0) is 15.9 Å². The lowest BCUT2D eigenvalue weighted by Crippen LogP contribution is -2.47. The molecule has 0 radical (unpaired) electrons. The summed E-state index contributed by atoms with van der Waals surface area (Å²) in [5.41, 5.74) is 1.01. The van der Waals surface area contributed by atoms with Crippen LogP contribution in [0, 0.1) is 0 Å². The molecule has 31 heavy (non-hydrogen) atoms. The molecular weight excluding hydrogens is 398 g/mol. The van der Waals surface area contributed by atoms with Crippen molar-refractivity contribution in [3.63, 3.8) is 0 Å². The fourth-order valence-corrected chi connectivity index (χ4v) is 4.21. The van der Waals surface area contributed by atoms with E-state index in [1.165, 1.54) is 0 Å². The van der Waals surface area contributed by atoms with E-state index in [4.69, 9.17) is 23.7 Å². The van der Waals surface area contributed by atoms with Gasteiger partial charge in [0.05, 0.1) is 40.1 Å². The van der Waals surface area contributed by atoms with Crippen molar-refractivity contribution in [1.29, 1.82) is 0 Å². The summed E-state index contributed by atoms with van der Waals surface area (Å²) in [5, 5.41) is 3.48. The highest BCUT2D eigenvalue weighted by Crippen LogP contribution is 2.34. The Morgan fingerprint density at radius 2 is 1.81 bits per heavy atom. The number of likely N-dealkylation sites (tertiary alicyclic amines) is 1. The van der Waals surface area contributed by atoms with Gasteiger partial charge < -0.3 is 33.9 Å². The first kappa shape index (κ1) is 23.5. The number of guanidine groups is 1. The standard InChI is InChI=1S/C23H37N3O5/c1-24-23(26-11-8-17(9-12-26)31-16-18-6-5-13-30-18)25-10-7-20-21(28-3)14-19(27-2)15-22(20)29-4/h14-15,17-18H,5-13,16H2,1-4H3,(H,24,25). The second kappa shape index (κ2) is 12.0. The van der Waals surface area contributed by atoms with Gasteiger partial charge in [0.15, 0.2) is 5.96 Å². The number of ether oxygens (including phenoxy) is 5. The van der Waals surface area contributed by atoms with Crippen molar-refractivity contribution in [2.24, 2.45) is 4.99 Å². The van der Waals surface area contributed by atoms with Crippen LogP contribution in [0.2, 0.25) is 0 Å². The maximum atomic E-state index is 6.09. The van der Waals surface area contributed by atoms with E-state index in [0.717, 1.165) is 88.0 Å². The molecule has 1 N–H and O–H groups in total. The number of benzene rings is 1. The predicted molar refractivity (Wildman–Crippen MR) is 121 cm³/mol. The Hall–Kier alpha value is -2.19. The highest BCUT2D eigenvalue weighted by atomic mass is 16.5. The summed E-state index contributed by atoms with van der Waals surface area (Å²) in [4.78, 5) is 6.78. The molecule has 0 aliphatic carbocycles. The zero-order valence-corrected chi connectivity index (χ0v) is 19.3. The SMILES string of the molecule is CN=C(NCCc1c(OC)cc(OC)cc1OC)N1CCC(OCC2CCCO2)CC1. The van der Waals surface area contributed by atoms with Crippen molar-refractivity contribution < 1.29 is 23.7 Å². The van der Waals surface area contributed by atoms with Crippen LogP contribution in [0.25, 0.3) is 0 Å². The molecule has 0 amide bonds. The maximum Gasteiger partial charge on any atom is 0.193 e. The number of hydrogen-bond donors (Lipinski definition) is 1. The second-order valence-electron chi connectivity index (χ2n) is 7.89. The first-order valence-electron chi connectivity index (χ1n) is 11.2. The summed E-state index contributed by atoms with van der Waals surface area (Å²) >= 11 is 0. The molecule has 8 nitrogen and oxygen atoms in total. The van der Waals surface area contributed by atoms with Gasteiger partial charge in [-0.2, -0.15) is 0 Å². The Morgan fingerprint density at radius 3 is 2.35 bits per heavy atom. The molecule has 1 aromatic rings. The number of methoxy groups -OCH3 is 3. The predicted octanol–water partition coefficient (Wildman–Crippen LogP) is 2.49. The van der Waals surface area contributed by atoms with Crippen LogP contribution in [-0.4, -0.2) is 84.3 Å². The summed E-state index contributed by atoms with van der Waals surface area (Å²) < 4.78 is 28.2. The van der Waals surface area contributed by atoms with E-state index in [9.17, 15) is 0 Å². The van der Waals surface area contributed by atoms with Gasteiger partial charge in [0, 0.05) is 51.0 Å². The number of aliphatic imine (C=N–C) groups is 1. The molecule has 0 aromatic heterocycles. The van der Waals surface area contributed by atoms with Gasteiger partial charge in [-0.05, 0) is 32.1 Å². The summed E-state index contributed by atoms with van der Waals surface area (Å²) in [6, 6.07) is 3.77. The van der Waals surface area contributed by atoms with Crippen LogP contribution in [0.5, 0.6) is 17.2 Å². The normalized spacial score (nSPS) is 20.1. The summed E-state index contributed by atoms with van der Waals surface area (Å²) in [6.45, 7) is 4.20. The van der Waals surface area contributed by atoms with E-state index in [2.05, 4.69) is 15.2 Å². The minimum atomic E-state index is 0.291. The zero-order chi connectivity index (χ0) is 22.1. The summed E-state index contributed by atoms with van der Waals surface area (Å²) in [6.07, 6.45) is 5.64.